The van der Waals surface area contributed by atoms with Crippen LogP contribution in [0.5, 0.6) is 0 Å². The maximum Gasteiger partial charge on any atom is 0.261 e. The first-order valence-electron chi connectivity index (χ1n) is 5.83. The molecule has 0 saturated carbocycles. The summed E-state index contributed by atoms with van der Waals surface area (Å²) in [6, 6.07) is 1.93. The Morgan fingerprint density at radius 1 is 1.58 bits per heavy atom. The molecule has 102 valence electrons. The average molecular weight is 281 g/mol. The van der Waals surface area contributed by atoms with Gasteiger partial charge in [-0.3, -0.25) is 4.79 Å². The number of carbonyl (C=O) groups is 1. The van der Waals surface area contributed by atoms with Crippen LogP contribution in [0.1, 0.15) is 27.0 Å². The van der Waals surface area contributed by atoms with Gasteiger partial charge in [0.2, 0.25) is 0 Å². The third-order valence-corrected chi connectivity index (χ3v) is 3.50. The van der Waals surface area contributed by atoms with E-state index in [4.69, 9.17) is 9.26 Å². The molecule has 0 atom stereocenters. The molecule has 2 aromatic heterocycles. The predicted octanol–water partition coefficient (Wildman–Crippen LogP) is 1.56. The highest BCUT2D eigenvalue weighted by Gasteiger charge is 2.10. The highest BCUT2D eigenvalue weighted by Crippen LogP contribution is 2.14. The molecule has 6 nitrogen and oxygen atoms in total. The first-order chi connectivity index (χ1) is 9.20. The van der Waals surface area contributed by atoms with E-state index in [0.717, 1.165) is 10.4 Å². The van der Waals surface area contributed by atoms with E-state index in [1.807, 2.05) is 18.4 Å². The van der Waals surface area contributed by atoms with Crippen molar-refractivity contribution in [3.8, 4) is 0 Å². The van der Waals surface area contributed by atoms with Crippen molar-refractivity contribution in [1.29, 1.82) is 0 Å². The number of thiophene rings is 1. The van der Waals surface area contributed by atoms with Crippen LogP contribution in [-0.4, -0.2) is 29.7 Å². The Morgan fingerprint density at radius 2 is 2.42 bits per heavy atom. The summed E-state index contributed by atoms with van der Waals surface area (Å²) >= 11 is 1.44. The number of hydrogen-bond acceptors (Lipinski definition) is 6. The van der Waals surface area contributed by atoms with Crippen molar-refractivity contribution in [2.24, 2.45) is 0 Å². The lowest BCUT2D eigenvalue weighted by Crippen LogP contribution is -2.25. The molecule has 0 spiro atoms. The van der Waals surface area contributed by atoms with E-state index < -0.39 is 0 Å². The SMILES string of the molecule is COCc1nc(CCNC(=O)c2sccc2C)no1. The molecule has 1 amide bonds. The largest absolute Gasteiger partial charge is 0.375 e. The van der Waals surface area contributed by atoms with Gasteiger partial charge in [-0.15, -0.1) is 11.3 Å². The highest BCUT2D eigenvalue weighted by atomic mass is 32.1. The number of amides is 1. The van der Waals surface area contributed by atoms with Crippen molar-refractivity contribution in [1.82, 2.24) is 15.5 Å². The van der Waals surface area contributed by atoms with Gasteiger partial charge >= 0.3 is 0 Å². The zero-order chi connectivity index (χ0) is 13.7. The smallest absolute Gasteiger partial charge is 0.261 e. The molecular formula is C12H15N3O3S. The zero-order valence-electron chi connectivity index (χ0n) is 10.8. The highest BCUT2D eigenvalue weighted by molar-refractivity contribution is 7.12. The lowest BCUT2D eigenvalue weighted by molar-refractivity contribution is 0.0957. The fourth-order valence-corrected chi connectivity index (χ4v) is 2.39. The van der Waals surface area contributed by atoms with Gasteiger partial charge in [0.15, 0.2) is 5.82 Å². The average Bonchev–Trinajstić information content (AvgIpc) is 2.99. The molecule has 0 aliphatic heterocycles. The van der Waals surface area contributed by atoms with E-state index in [1.54, 1.807) is 7.11 Å². The Labute approximate surface area is 114 Å². The van der Waals surface area contributed by atoms with Crippen LogP contribution < -0.4 is 5.32 Å². The third kappa shape index (κ3) is 3.62. The van der Waals surface area contributed by atoms with Crippen LogP contribution in [0.25, 0.3) is 0 Å². The summed E-state index contributed by atoms with van der Waals surface area (Å²) in [5.74, 6) is 0.946. The number of nitrogens with one attached hydrogen (secondary N) is 1. The first kappa shape index (κ1) is 13.7. The van der Waals surface area contributed by atoms with Gasteiger partial charge in [0.25, 0.3) is 11.8 Å². The number of ether oxygens (including phenoxy) is 1. The molecule has 0 radical (unpaired) electrons. The Morgan fingerprint density at radius 3 is 3.11 bits per heavy atom. The Kier molecular flexibility index (Phi) is 4.64. The van der Waals surface area contributed by atoms with Crippen LogP contribution in [0.15, 0.2) is 16.0 Å². The normalized spacial score (nSPS) is 10.6. The standard InChI is InChI=1S/C12H15N3O3S/c1-8-4-6-19-11(8)12(16)13-5-3-9-14-10(7-17-2)18-15-9/h4,6H,3,5,7H2,1-2H3,(H,13,16). The summed E-state index contributed by atoms with van der Waals surface area (Å²) in [6.45, 7) is 2.69. The summed E-state index contributed by atoms with van der Waals surface area (Å²) in [5, 5.41) is 8.53. The first-order valence-corrected chi connectivity index (χ1v) is 6.71. The second-order valence-electron chi connectivity index (χ2n) is 3.98. The monoisotopic (exact) mass is 281 g/mol. The molecule has 7 heteroatoms. The molecule has 0 fully saturated rings. The van der Waals surface area contributed by atoms with Gasteiger partial charge in [0.1, 0.15) is 6.61 Å². The summed E-state index contributed by atoms with van der Waals surface area (Å²) in [6.07, 6.45) is 0.531. The fraction of sp³-hybridized carbons (Fsp3) is 0.417. The van der Waals surface area contributed by atoms with Crippen molar-refractivity contribution < 1.29 is 14.1 Å². The minimum Gasteiger partial charge on any atom is -0.375 e. The topological polar surface area (TPSA) is 77.2 Å². The number of rotatable bonds is 6. The second kappa shape index (κ2) is 6.44. The molecule has 0 saturated heterocycles. The molecule has 2 heterocycles. The minimum absolute atomic E-state index is 0.0619. The molecule has 0 bridgehead atoms. The number of aryl methyl sites for hydroxylation is 1. The van der Waals surface area contributed by atoms with Crippen LogP contribution in [0.2, 0.25) is 0 Å². The molecule has 19 heavy (non-hydrogen) atoms. The van der Waals surface area contributed by atoms with Crippen molar-refractivity contribution in [2.45, 2.75) is 20.0 Å². The predicted molar refractivity (Wildman–Crippen MR) is 70.1 cm³/mol. The van der Waals surface area contributed by atoms with Gasteiger partial charge in [-0.2, -0.15) is 4.98 Å². The Hall–Kier alpha value is -1.73. The van der Waals surface area contributed by atoms with Crippen LogP contribution in [-0.2, 0) is 17.8 Å². The number of nitrogens with zero attached hydrogens (tertiary/aromatic N) is 2. The van der Waals surface area contributed by atoms with Gasteiger partial charge < -0.3 is 14.6 Å². The fourth-order valence-electron chi connectivity index (χ4n) is 1.55. The maximum atomic E-state index is 11.8. The van der Waals surface area contributed by atoms with Crippen molar-refractivity contribution in [3.05, 3.63) is 33.6 Å². The Balaban J connectivity index is 1.80. The van der Waals surface area contributed by atoms with Gasteiger partial charge in [-0.05, 0) is 23.9 Å². The van der Waals surface area contributed by atoms with Gasteiger partial charge in [-0.25, -0.2) is 0 Å². The molecule has 0 aliphatic rings. The molecule has 0 aromatic carbocycles. The van der Waals surface area contributed by atoms with Crippen LogP contribution >= 0.6 is 11.3 Å². The van der Waals surface area contributed by atoms with E-state index in [9.17, 15) is 4.79 Å². The molecule has 1 N–H and O–H groups in total. The third-order valence-electron chi connectivity index (χ3n) is 2.48. The molecule has 0 unspecified atom stereocenters. The van der Waals surface area contributed by atoms with Crippen molar-refractivity contribution in [3.63, 3.8) is 0 Å². The molecule has 2 rings (SSSR count). The molecule has 2 aromatic rings. The molecule has 0 aliphatic carbocycles. The zero-order valence-corrected chi connectivity index (χ0v) is 11.6. The lowest BCUT2D eigenvalue weighted by atomic mass is 10.3. The van der Waals surface area contributed by atoms with E-state index in [1.165, 1.54) is 11.3 Å². The number of carbonyl (C=O) groups excluding carboxylic acids is 1. The number of hydrogen-bond donors (Lipinski definition) is 1. The van der Waals surface area contributed by atoms with Crippen molar-refractivity contribution >= 4 is 17.2 Å². The molecular weight excluding hydrogens is 266 g/mol. The van der Waals surface area contributed by atoms with E-state index >= 15 is 0 Å². The van der Waals surface area contributed by atoms with Gasteiger partial charge in [0.05, 0.1) is 4.88 Å². The summed E-state index contributed by atoms with van der Waals surface area (Å²) < 4.78 is 9.84. The number of methoxy groups -OCH3 is 1. The van der Waals surface area contributed by atoms with E-state index in [2.05, 4.69) is 15.5 Å². The summed E-state index contributed by atoms with van der Waals surface area (Å²) in [7, 11) is 1.56. The summed E-state index contributed by atoms with van der Waals surface area (Å²) in [5.41, 5.74) is 0.990. The van der Waals surface area contributed by atoms with E-state index in [0.29, 0.717) is 31.3 Å². The van der Waals surface area contributed by atoms with E-state index in [-0.39, 0.29) is 5.91 Å². The lowest BCUT2D eigenvalue weighted by Gasteiger charge is -2.02. The summed E-state index contributed by atoms with van der Waals surface area (Å²) in [4.78, 5) is 16.7. The minimum atomic E-state index is -0.0619. The van der Waals surface area contributed by atoms with Crippen LogP contribution in [0, 0.1) is 6.92 Å². The maximum absolute atomic E-state index is 11.8. The van der Waals surface area contributed by atoms with Gasteiger partial charge in [0, 0.05) is 20.1 Å². The number of aromatic nitrogens is 2. The quantitative estimate of drug-likeness (QED) is 0.869. The Bertz CT molecular complexity index is 550. The van der Waals surface area contributed by atoms with Gasteiger partial charge in [-0.1, -0.05) is 5.16 Å². The van der Waals surface area contributed by atoms with Crippen LogP contribution in [0.3, 0.4) is 0 Å². The van der Waals surface area contributed by atoms with Crippen LogP contribution in [0.4, 0.5) is 0 Å². The second-order valence-corrected chi connectivity index (χ2v) is 4.89. The van der Waals surface area contributed by atoms with Crippen molar-refractivity contribution in [2.75, 3.05) is 13.7 Å².